The second-order valence-corrected chi connectivity index (χ2v) is 5.85. The molecule has 1 aromatic carbocycles. The Bertz CT molecular complexity index is 461. The zero-order valence-electron chi connectivity index (χ0n) is 12.2. The van der Waals surface area contributed by atoms with E-state index in [-0.39, 0.29) is 29.5 Å². The molecule has 2 rings (SSSR count). The predicted molar refractivity (Wildman–Crippen MR) is 84.7 cm³/mol. The number of hydrogen-bond acceptors (Lipinski definition) is 2. The van der Waals surface area contributed by atoms with Gasteiger partial charge in [-0.3, -0.25) is 4.79 Å². The molecule has 1 fully saturated rings. The van der Waals surface area contributed by atoms with Crippen LogP contribution in [-0.4, -0.2) is 12.5 Å². The van der Waals surface area contributed by atoms with Gasteiger partial charge < -0.3 is 11.1 Å². The Balaban J connectivity index is 0.00000220. The highest BCUT2D eigenvalue weighted by Gasteiger charge is 2.32. The van der Waals surface area contributed by atoms with E-state index >= 15 is 0 Å². The monoisotopic (exact) mass is 314 g/mol. The Labute approximate surface area is 131 Å². The molecule has 1 aromatic rings. The normalized spacial score (nSPS) is 16.9. The van der Waals surface area contributed by atoms with Crippen LogP contribution in [0.1, 0.15) is 44.1 Å². The Hall–Kier alpha value is -1.13. The molecule has 0 aromatic heterocycles. The minimum Gasteiger partial charge on any atom is -0.352 e. The van der Waals surface area contributed by atoms with Gasteiger partial charge in [0.05, 0.1) is 0 Å². The van der Waals surface area contributed by atoms with Gasteiger partial charge in [0.2, 0.25) is 5.91 Å². The summed E-state index contributed by atoms with van der Waals surface area (Å²) in [7, 11) is 0. The zero-order chi connectivity index (χ0) is 14.4. The maximum atomic E-state index is 13.1. The van der Waals surface area contributed by atoms with Gasteiger partial charge in [0.15, 0.2) is 0 Å². The fourth-order valence-corrected chi connectivity index (χ4v) is 3.01. The number of carbonyl (C=O) groups excluding carboxylic acids is 1. The number of halogens is 2. The van der Waals surface area contributed by atoms with Crippen molar-refractivity contribution in [2.45, 2.75) is 45.1 Å². The molecule has 0 bridgehead atoms. The van der Waals surface area contributed by atoms with Crippen LogP contribution >= 0.6 is 12.4 Å². The van der Waals surface area contributed by atoms with Crippen LogP contribution in [0.3, 0.4) is 0 Å². The summed E-state index contributed by atoms with van der Waals surface area (Å²) in [6, 6.07) is 6.30. The molecular formula is C16H24ClFN2O. The Morgan fingerprint density at radius 1 is 1.29 bits per heavy atom. The molecule has 0 heterocycles. The van der Waals surface area contributed by atoms with Crippen molar-refractivity contribution in [2.75, 3.05) is 6.54 Å². The van der Waals surface area contributed by atoms with Crippen LogP contribution in [0.25, 0.3) is 0 Å². The van der Waals surface area contributed by atoms with Gasteiger partial charge in [0, 0.05) is 13.0 Å². The number of carbonyl (C=O) groups is 1. The van der Waals surface area contributed by atoms with Gasteiger partial charge in [0.25, 0.3) is 0 Å². The lowest BCUT2D eigenvalue weighted by Crippen LogP contribution is -2.38. The van der Waals surface area contributed by atoms with E-state index in [4.69, 9.17) is 5.73 Å². The summed E-state index contributed by atoms with van der Waals surface area (Å²) in [5.41, 5.74) is 6.64. The van der Waals surface area contributed by atoms with Gasteiger partial charge in [-0.05, 0) is 42.5 Å². The number of hydrogen-bond donors (Lipinski definition) is 2. The van der Waals surface area contributed by atoms with Crippen LogP contribution in [-0.2, 0) is 11.3 Å². The van der Waals surface area contributed by atoms with E-state index in [1.165, 1.54) is 18.6 Å². The summed E-state index contributed by atoms with van der Waals surface area (Å²) in [6.07, 6.45) is 6.13. The van der Waals surface area contributed by atoms with E-state index in [1.54, 1.807) is 6.07 Å². The van der Waals surface area contributed by atoms with Crippen molar-refractivity contribution >= 4 is 18.3 Å². The first-order chi connectivity index (χ1) is 9.63. The molecule has 1 saturated carbocycles. The van der Waals surface area contributed by atoms with E-state index in [1.807, 2.05) is 6.07 Å². The smallest absolute Gasteiger partial charge is 0.220 e. The maximum Gasteiger partial charge on any atom is 0.220 e. The molecule has 0 radical (unpaired) electrons. The van der Waals surface area contributed by atoms with Crippen LogP contribution < -0.4 is 11.1 Å². The average molecular weight is 315 g/mol. The van der Waals surface area contributed by atoms with Crippen molar-refractivity contribution in [1.29, 1.82) is 0 Å². The third kappa shape index (κ3) is 5.29. The molecule has 0 atom stereocenters. The molecule has 1 amide bonds. The summed E-state index contributed by atoms with van der Waals surface area (Å²) in [6.45, 7) is 0.942. The van der Waals surface area contributed by atoms with Crippen LogP contribution in [0, 0.1) is 11.2 Å². The number of amides is 1. The average Bonchev–Trinajstić information content (AvgIpc) is 2.46. The highest BCUT2D eigenvalue weighted by atomic mass is 35.5. The molecule has 3 nitrogen and oxygen atoms in total. The topological polar surface area (TPSA) is 55.1 Å². The first-order valence-electron chi connectivity index (χ1n) is 7.35. The first kappa shape index (κ1) is 17.9. The molecule has 1 aliphatic rings. The molecule has 0 spiro atoms. The van der Waals surface area contributed by atoms with E-state index < -0.39 is 0 Å². The van der Waals surface area contributed by atoms with Crippen LogP contribution in [0.4, 0.5) is 4.39 Å². The van der Waals surface area contributed by atoms with Crippen molar-refractivity contribution in [3.8, 4) is 0 Å². The number of benzene rings is 1. The molecule has 5 heteroatoms. The predicted octanol–water partition coefficient (Wildman–Crippen LogP) is 3.16. The van der Waals surface area contributed by atoms with E-state index in [0.29, 0.717) is 19.5 Å². The summed E-state index contributed by atoms with van der Waals surface area (Å²) >= 11 is 0. The largest absolute Gasteiger partial charge is 0.352 e. The minimum absolute atomic E-state index is 0. The standard InChI is InChI=1S/C16H23FN2O.ClH/c17-14-6-4-5-13(9-14)11-19-15(20)10-16(12-18)7-2-1-3-8-16;/h4-6,9H,1-3,7-8,10-12,18H2,(H,19,20);1H. The van der Waals surface area contributed by atoms with Crippen molar-refractivity contribution in [3.05, 3.63) is 35.6 Å². The number of rotatable bonds is 5. The van der Waals surface area contributed by atoms with Crippen LogP contribution in [0.2, 0.25) is 0 Å². The van der Waals surface area contributed by atoms with Gasteiger partial charge in [0.1, 0.15) is 5.82 Å². The SMILES string of the molecule is Cl.NCC1(CC(=O)NCc2cccc(F)c2)CCCCC1. The summed E-state index contributed by atoms with van der Waals surface area (Å²) in [5, 5.41) is 2.87. The van der Waals surface area contributed by atoms with E-state index in [0.717, 1.165) is 31.2 Å². The Morgan fingerprint density at radius 3 is 2.62 bits per heavy atom. The van der Waals surface area contributed by atoms with Gasteiger partial charge >= 0.3 is 0 Å². The third-order valence-corrected chi connectivity index (χ3v) is 4.26. The van der Waals surface area contributed by atoms with Crippen LogP contribution in [0.5, 0.6) is 0 Å². The third-order valence-electron chi connectivity index (χ3n) is 4.26. The second-order valence-electron chi connectivity index (χ2n) is 5.85. The molecule has 21 heavy (non-hydrogen) atoms. The molecule has 118 valence electrons. The van der Waals surface area contributed by atoms with Crippen molar-refractivity contribution in [1.82, 2.24) is 5.32 Å². The fraction of sp³-hybridized carbons (Fsp3) is 0.562. The van der Waals surface area contributed by atoms with Crippen molar-refractivity contribution < 1.29 is 9.18 Å². The van der Waals surface area contributed by atoms with Gasteiger partial charge in [-0.15, -0.1) is 12.4 Å². The quantitative estimate of drug-likeness (QED) is 0.877. The first-order valence-corrected chi connectivity index (χ1v) is 7.35. The number of nitrogens with one attached hydrogen (secondary N) is 1. The van der Waals surface area contributed by atoms with Crippen LogP contribution in [0.15, 0.2) is 24.3 Å². The molecular weight excluding hydrogens is 291 g/mol. The Kier molecular flexibility index (Phi) is 7.12. The Morgan fingerprint density at radius 2 is 2.00 bits per heavy atom. The zero-order valence-corrected chi connectivity index (χ0v) is 13.1. The molecule has 0 aliphatic heterocycles. The molecule has 0 saturated heterocycles. The van der Waals surface area contributed by atoms with Gasteiger partial charge in [-0.2, -0.15) is 0 Å². The van der Waals surface area contributed by atoms with Crippen molar-refractivity contribution in [3.63, 3.8) is 0 Å². The summed E-state index contributed by atoms with van der Waals surface area (Å²) < 4.78 is 13.1. The molecule has 0 unspecified atom stereocenters. The lowest BCUT2D eigenvalue weighted by molar-refractivity contribution is -0.124. The van der Waals surface area contributed by atoms with E-state index in [9.17, 15) is 9.18 Å². The number of nitrogens with two attached hydrogens (primary N) is 1. The molecule has 3 N–H and O–H groups in total. The molecule has 1 aliphatic carbocycles. The van der Waals surface area contributed by atoms with Gasteiger partial charge in [-0.1, -0.05) is 31.4 Å². The summed E-state index contributed by atoms with van der Waals surface area (Å²) in [5.74, 6) is -0.260. The van der Waals surface area contributed by atoms with E-state index in [2.05, 4.69) is 5.32 Å². The highest BCUT2D eigenvalue weighted by molar-refractivity contribution is 5.85. The highest BCUT2D eigenvalue weighted by Crippen LogP contribution is 2.38. The minimum atomic E-state index is -0.276. The fourth-order valence-electron chi connectivity index (χ4n) is 3.01. The lowest BCUT2D eigenvalue weighted by atomic mass is 9.71. The van der Waals surface area contributed by atoms with Gasteiger partial charge in [-0.25, -0.2) is 4.39 Å². The maximum absolute atomic E-state index is 13.1. The second kappa shape index (κ2) is 8.35. The van der Waals surface area contributed by atoms with Crippen molar-refractivity contribution in [2.24, 2.45) is 11.1 Å². The lowest BCUT2D eigenvalue weighted by Gasteiger charge is -2.35. The summed E-state index contributed by atoms with van der Waals surface area (Å²) in [4.78, 5) is 12.1.